The molecule has 0 rings (SSSR count). The van der Waals surface area contributed by atoms with E-state index in [0.717, 1.165) is 13.1 Å². The van der Waals surface area contributed by atoms with E-state index in [1.165, 1.54) is 38.4 Å². The van der Waals surface area contributed by atoms with Crippen molar-refractivity contribution < 1.29 is 9.59 Å². The zero-order chi connectivity index (χ0) is 20.1. The van der Waals surface area contributed by atoms with E-state index in [2.05, 4.69) is 22.2 Å². The van der Waals surface area contributed by atoms with Crippen molar-refractivity contribution in [1.82, 2.24) is 16.0 Å². The quantitative estimate of drug-likeness (QED) is 0.445. The third kappa shape index (κ3) is 21.2. The highest BCUT2D eigenvalue weighted by Gasteiger charge is 2.25. The van der Waals surface area contributed by atoms with Gasteiger partial charge in [0.2, 0.25) is 0 Å². The van der Waals surface area contributed by atoms with Gasteiger partial charge in [0.05, 0.1) is 5.54 Å². The molecule has 2 amide bonds. The van der Waals surface area contributed by atoms with Gasteiger partial charge in [-0.25, -0.2) is 4.79 Å². The Morgan fingerprint density at radius 3 is 1.96 bits per heavy atom. The highest BCUT2D eigenvalue weighted by atomic mass is 32.2. The average molecular weight is 378 g/mol. The first kappa shape index (κ1) is 29.0. The molecule has 0 aromatic carbocycles. The molecule has 152 valence electrons. The van der Waals surface area contributed by atoms with Crippen molar-refractivity contribution in [2.24, 2.45) is 0 Å². The summed E-state index contributed by atoms with van der Waals surface area (Å²) in [6, 6.07) is -0.297. The minimum absolute atomic E-state index is 0.0581. The Hall–Kier alpha value is -0.750. The molecule has 0 bridgehead atoms. The minimum atomic E-state index is -0.811. The Labute approximate surface area is 160 Å². The van der Waals surface area contributed by atoms with Gasteiger partial charge in [-0.05, 0) is 52.2 Å². The van der Waals surface area contributed by atoms with Gasteiger partial charge < -0.3 is 16.0 Å². The van der Waals surface area contributed by atoms with E-state index in [4.69, 9.17) is 0 Å². The summed E-state index contributed by atoms with van der Waals surface area (Å²) in [5.74, 6) is 1.19. The largest absolute Gasteiger partial charge is 0.337 e. The zero-order valence-corrected chi connectivity index (χ0v) is 18.7. The fraction of sp³-hybridized carbons (Fsp3) is 0.895. The van der Waals surface area contributed by atoms with Crippen LogP contribution in [0.3, 0.4) is 0 Å². The summed E-state index contributed by atoms with van der Waals surface area (Å²) in [7, 11) is 0. The molecule has 25 heavy (non-hydrogen) atoms. The summed E-state index contributed by atoms with van der Waals surface area (Å²) in [5, 5.41) is 8.70. The summed E-state index contributed by atoms with van der Waals surface area (Å²) in [6.07, 6.45) is 7.17. The number of carbonyl (C=O) groups is 2. The van der Waals surface area contributed by atoms with E-state index < -0.39 is 5.54 Å². The summed E-state index contributed by atoms with van der Waals surface area (Å²) < 4.78 is 0. The van der Waals surface area contributed by atoms with Crippen LogP contribution < -0.4 is 16.0 Å². The van der Waals surface area contributed by atoms with Crippen molar-refractivity contribution in [1.29, 1.82) is 0 Å². The van der Waals surface area contributed by atoms with Crippen LogP contribution in [0, 0.1) is 0 Å². The average Bonchev–Trinajstić information content (AvgIpc) is 2.59. The van der Waals surface area contributed by atoms with Gasteiger partial charge in [-0.15, -0.1) is 0 Å². The Kier molecular flexibility index (Phi) is 24.7. The van der Waals surface area contributed by atoms with Crippen LogP contribution in [0.2, 0.25) is 0 Å². The van der Waals surface area contributed by atoms with Crippen molar-refractivity contribution in [3.8, 4) is 0 Å². The molecule has 5 nitrogen and oxygen atoms in total. The monoisotopic (exact) mass is 377 g/mol. The lowest BCUT2D eigenvalue weighted by Crippen LogP contribution is -2.53. The highest BCUT2D eigenvalue weighted by Crippen LogP contribution is 2.04. The lowest BCUT2D eigenvalue weighted by Gasteiger charge is -2.23. The Morgan fingerprint density at radius 2 is 1.44 bits per heavy atom. The number of ketones is 1. The molecule has 0 fully saturated rings. The summed E-state index contributed by atoms with van der Waals surface area (Å²) >= 11 is 1.90. The predicted octanol–water partition coefficient (Wildman–Crippen LogP) is 4.22. The third-order valence-corrected chi connectivity index (χ3v) is 4.04. The van der Waals surface area contributed by atoms with E-state index in [-0.39, 0.29) is 11.8 Å². The number of urea groups is 1. The van der Waals surface area contributed by atoms with Crippen molar-refractivity contribution in [2.75, 3.05) is 31.6 Å². The van der Waals surface area contributed by atoms with Crippen LogP contribution in [-0.2, 0) is 4.79 Å². The van der Waals surface area contributed by atoms with Gasteiger partial charge in [-0.1, -0.05) is 40.5 Å². The molecule has 0 aliphatic carbocycles. The van der Waals surface area contributed by atoms with Crippen LogP contribution in [0.1, 0.15) is 74.1 Å². The van der Waals surface area contributed by atoms with Crippen LogP contribution in [0.5, 0.6) is 0 Å². The van der Waals surface area contributed by atoms with Crippen molar-refractivity contribution in [3.05, 3.63) is 0 Å². The molecule has 3 N–H and O–H groups in total. The predicted molar refractivity (Wildman–Crippen MR) is 114 cm³/mol. The van der Waals surface area contributed by atoms with Gasteiger partial charge in [0.25, 0.3) is 0 Å². The summed E-state index contributed by atoms with van der Waals surface area (Å²) in [6.45, 7) is 15.2. The van der Waals surface area contributed by atoms with Crippen molar-refractivity contribution >= 4 is 23.6 Å². The molecule has 0 aliphatic heterocycles. The van der Waals surface area contributed by atoms with E-state index in [9.17, 15) is 9.59 Å². The number of carbonyl (C=O) groups excluding carboxylic acids is 2. The molecule has 0 heterocycles. The molecule has 0 aromatic rings. The number of hydrogen-bond acceptors (Lipinski definition) is 4. The molecule has 0 spiro atoms. The third-order valence-electron chi connectivity index (χ3n) is 3.35. The van der Waals surface area contributed by atoms with Crippen LogP contribution >= 0.6 is 11.8 Å². The minimum Gasteiger partial charge on any atom is -0.337 e. The molecular formula is C19H43N3O2S. The normalized spacial score (nSPS) is 9.92. The lowest BCUT2D eigenvalue weighted by molar-refractivity contribution is -0.121. The smallest absolute Gasteiger partial charge is 0.315 e. The standard InChI is InChI=1S/C15H31N3O2S.2C2H6/c1-13(19)15(2,3)18-14(20)17-11-10-16-9-7-5-6-8-12-21-4;2*1-2/h16H,5-12H2,1-4H3,(H2,17,18,20);2*1-2H3. The number of unbranched alkanes of at least 4 members (excludes halogenated alkanes) is 3. The fourth-order valence-electron chi connectivity index (χ4n) is 1.66. The highest BCUT2D eigenvalue weighted by molar-refractivity contribution is 7.98. The second-order valence-electron chi connectivity index (χ2n) is 5.72. The number of nitrogens with one attached hydrogen (secondary N) is 3. The van der Waals surface area contributed by atoms with Gasteiger partial charge in [0.15, 0.2) is 5.78 Å². The zero-order valence-electron chi connectivity index (χ0n) is 17.9. The van der Waals surface area contributed by atoms with E-state index >= 15 is 0 Å². The number of amides is 2. The maximum absolute atomic E-state index is 11.6. The second kappa shape index (κ2) is 21.3. The summed E-state index contributed by atoms with van der Waals surface area (Å²) in [4.78, 5) is 22.9. The maximum atomic E-state index is 11.6. The van der Waals surface area contributed by atoms with Crippen molar-refractivity contribution in [2.45, 2.75) is 79.7 Å². The van der Waals surface area contributed by atoms with Gasteiger partial charge in [-0.2, -0.15) is 11.8 Å². The van der Waals surface area contributed by atoms with Crippen LogP contribution in [-0.4, -0.2) is 49.0 Å². The van der Waals surface area contributed by atoms with Gasteiger partial charge in [0.1, 0.15) is 0 Å². The van der Waals surface area contributed by atoms with Gasteiger partial charge >= 0.3 is 6.03 Å². The number of rotatable bonds is 12. The van der Waals surface area contributed by atoms with Crippen molar-refractivity contribution in [3.63, 3.8) is 0 Å². The molecule has 0 saturated carbocycles. The van der Waals surface area contributed by atoms with Gasteiger partial charge in [0, 0.05) is 13.1 Å². The number of thioether (sulfide) groups is 1. The van der Waals surface area contributed by atoms with Crippen LogP contribution in [0.25, 0.3) is 0 Å². The van der Waals surface area contributed by atoms with E-state index in [1.54, 1.807) is 13.8 Å². The van der Waals surface area contributed by atoms with Crippen LogP contribution in [0.4, 0.5) is 4.79 Å². The maximum Gasteiger partial charge on any atom is 0.315 e. The molecule has 0 aromatic heterocycles. The number of Topliss-reactive ketones (excluding diaryl/α,β-unsaturated/α-hetero) is 1. The van der Waals surface area contributed by atoms with Gasteiger partial charge in [-0.3, -0.25) is 4.79 Å². The van der Waals surface area contributed by atoms with E-state index in [1.807, 2.05) is 39.5 Å². The van der Waals surface area contributed by atoms with Crippen LogP contribution in [0.15, 0.2) is 0 Å². The van der Waals surface area contributed by atoms with E-state index in [0.29, 0.717) is 6.54 Å². The second-order valence-corrected chi connectivity index (χ2v) is 6.70. The Balaban J connectivity index is -0.00000112. The first-order valence-electron chi connectivity index (χ1n) is 9.67. The lowest BCUT2D eigenvalue weighted by atomic mass is 10.0. The first-order chi connectivity index (χ1) is 11.9. The fourth-order valence-corrected chi connectivity index (χ4v) is 2.15. The molecular weight excluding hydrogens is 334 g/mol. The Bertz CT molecular complexity index is 311. The number of hydrogen-bond donors (Lipinski definition) is 3. The molecule has 0 aliphatic rings. The molecule has 0 radical (unpaired) electrons. The SMILES string of the molecule is CC.CC.CSCCCCCCNCCNC(=O)NC(C)(C)C(C)=O. The molecule has 6 heteroatoms. The first-order valence-corrected chi connectivity index (χ1v) is 11.1. The molecule has 0 saturated heterocycles. The summed E-state index contributed by atoms with van der Waals surface area (Å²) in [5.41, 5.74) is -0.811. The Morgan fingerprint density at radius 1 is 0.880 bits per heavy atom. The molecule has 0 unspecified atom stereocenters. The topological polar surface area (TPSA) is 70.2 Å². The molecule has 0 atom stereocenters.